The number of benzene rings is 1. The van der Waals surface area contributed by atoms with Gasteiger partial charge < -0.3 is 0 Å². The monoisotopic (exact) mass is 267 g/mol. The molecule has 0 amide bonds. The minimum atomic E-state index is -1.04. The summed E-state index contributed by atoms with van der Waals surface area (Å²) in [7, 11) is 3.15. The molecule has 0 bridgehead atoms. The maximum atomic E-state index is 2.40. The SMILES string of the molecule is CN(C)c1ccc([PH2](C(C)(C)C)C(C)(C)C)cc1. The van der Waals surface area contributed by atoms with Gasteiger partial charge in [-0.2, -0.15) is 0 Å². The third-order valence-corrected chi connectivity index (χ3v) is 7.99. The van der Waals surface area contributed by atoms with Crippen LogP contribution in [-0.4, -0.2) is 24.4 Å². The second-order valence-corrected chi connectivity index (χ2v) is 12.6. The Bertz CT molecular complexity index is 365. The molecule has 0 N–H and O–H groups in total. The molecule has 0 fully saturated rings. The second-order valence-electron chi connectivity index (χ2n) is 7.65. The van der Waals surface area contributed by atoms with E-state index in [0.29, 0.717) is 10.3 Å². The Labute approximate surface area is 114 Å². The quantitative estimate of drug-likeness (QED) is 0.734. The van der Waals surface area contributed by atoms with Gasteiger partial charge in [0, 0.05) is 0 Å². The van der Waals surface area contributed by atoms with Crippen LogP contribution in [0.3, 0.4) is 0 Å². The molecular weight excluding hydrogens is 237 g/mol. The molecule has 1 aromatic rings. The van der Waals surface area contributed by atoms with E-state index in [2.05, 4.69) is 84.8 Å². The van der Waals surface area contributed by atoms with Crippen molar-refractivity contribution in [2.75, 3.05) is 19.0 Å². The summed E-state index contributed by atoms with van der Waals surface area (Å²) in [5.74, 6) is 0. The number of anilines is 1. The van der Waals surface area contributed by atoms with E-state index >= 15 is 0 Å². The number of hydrogen-bond donors (Lipinski definition) is 0. The molecule has 1 aromatic carbocycles. The molecule has 18 heavy (non-hydrogen) atoms. The van der Waals surface area contributed by atoms with Crippen molar-refractivity contribution in [3.63, 3.8) is 0 Å². The van der Waals surface area contributed by atoms with Crippen molar-refractivity contribution in [2.24, 2.45) is 0 Å². The van der Waals surface area contributed by atoms with Crippen LogP contribution in [-0.2, 0) is 0 Å². The summed E-state index contributed by atoms with van der Waals surface area (Å²) in [6.07, 6.45) is 0. The molecule has 0 saturated heterocycles. The van der Waals surface area contributed by atoms with Gasteiger partial charge in [-0.05, 0) is 0 Å². The van der Waals surface area contributed by atoms with Gasteiger partial charge in [-0.25, -0.2) is 0 Å². The predicted octanol–water partition coefficient (Wildman–Crippen LogP) is 3.92. The first-order valence-electron chi connectivity index (χ1n) is 6.81. The van der Waals surface area contributed by atoms with Crippen LogP contribution in [0.2, 0.25) is 0 Å². The molecule has 104 valence electrons. The Morgan fingerprint density at radius 2 is 1.17 bits per heavy atom. The molecule has 0 heterocycles. The minimum absolute atomic E-state index is 0.415. The number of rotatable bonds is 2. The third-order valence-electron chi connectivity index (χ3n) is 3.47. The van der Waals surface area contributed by atoms with Crippen LogP contribution in [0.4, 0.5) is 5.69 Å². The van der Waals surface area contributed by atoms with Crippen LogP contribution in [0.15, 0.2) is 24.3 Å². The number of hydrogen-bond acceptors (Lipinski definition) is 1. The zero-order valence-corrected chi connectivity index (χ0v) is 14.5. The van der Waals surface area contributed by atoms with Gasteiger partial charge in [0.25, 0.3) is 0 Å². The fraction of sp³-hybridized carbons (Fsp3) is 0.625. The van der Waals surface area contributed by atoms with Gasteiger partial charge in [0.2, 0.25) is 0 Å². The summed E-state index contributed by atoms with van der Waals surface area (Å²) >= 11 is 0. The molecule has 0 aliphatic heterocycles. The molecule has 2 heteroatoms. The molecule has 0 spiro atoms. The second kappa shape index (κ2) is 5.21. The van der Waals surface area contributed by atoms with Crippen LogP contribution in [0.5, 0.6) is 0 Å². The fourth-order valence-corrected chi connectivity index (χ4v) is 8.44. The van der Waals surface area contributed by atoms with Crippen molar-refractivity contribution in [2.45, 2.75) is 51.9 Å². The molecular formula is C16H30NP. The summed E-state index contributed by atoms with van der Waals surface area (Å²) in [4.78, 5) is 2.16. The van der Waals surface area contributed by atoms with Crippen molar-refractivity contribution < 1.29 is 0 Å². The summed E-state index contributed by atoms with van der Waals surface area (Å²) in [5, 5.41) is 2.41. The Kier molecular flexibility index (Phi) is 4.49. The van der Waals surface area contributed by atoms with Gasteiger partial charge in [0.15, 0.2) is 0 Å². The van der Waals surface area contributed by atoms with Gasteiger partial charge in [0.1, 0.15) is 0 Å². The van der Waals surface area contributed by atoms with Gasteiger partial charge >= 0.3 is 114 Å². The van der Waals surface area contributed by atoms with E-state index in [1.165, 1.54) is 5.69 Å². The predicted molar refractivity (Wildman–Crippen MR) is 89.6 cm³/mol. The topological polar surface area (TPSA) is 3.24 Å². The van der Waals surface area contributed by atoms with Crippen molar-refractivity contribution in [3.05, 3.63) is 24.3 Å². The van der Waals surface area contributed by atoms with E-state index in [9.17, 15) is 0 Å². The molecule has 0 aliphatic carbocycles. The van der Waals surface area contributed by atoms with Crippen molar-refractivity contribution in [3.8, 4) is 0 Å². The maximum absolute atomic E-state index is 2.40. The van der Waals surface area contributed by atoms with Gasteiger partial charge in [0.05, 0.1) is 0 Å². The van der Waals surface area contributed by atoms with Crippen molar-refractivity contribution >= 4 is 18.9 Å². The van der Waals surface area contributed by atoms with Crippen LogP contribution in [0, 0.1) is 0 Å². The van der Waals surface area contributed by atoms with Crippen molar-refractivity contribution in [1.29, 1.82) is 0 Å². The van der Waals surface area contributed by atoms with E-state index in [1.807, 2.05) is 0 Å². The first-order chi connectivity index (χ1) is 8.03. The summed E-state index contributed by atoms with van der Waals surface area (Å²) in [6.45, 7) is 14.4. The Morgan fingerprint density at radius 1 is 0.778 bits per heavy atom. The molecule has 0 atom stereocenters. The zero-order valence-electron chi connectivity index (χ0n) is 13.3. The van der Waals surface area contributed by atoms with Gasteiger partial charge in [-0.1, -0.05) is 0 Å². The van der Waals surface area contributed by atoms with E-state index in [4.69, 9.17) is 0 Å². The normalized spacial score (nSPS) is 13.4. The van der Waals surface area contributed by atoms with Crippen LogP contribution < -0.4 is 10.2 Å². The fourth-order valence-electron chi connectivity index (χ4n) is 3.26. The van der Waals surface area contributed by atoms with Crippen LogP contribution in [0.1, 0.15) is 41.5 Å². The first-order valence-corrected chi connectivity index (χ1v) is 8.54. The average molecular weight is 267 g/mol. The molecule has 0 radical (unpaired) electrons. The average Bonchev–Trinajstić information content (AvgIpc) is 2.13. The van der Waals surface area contributed by atoms with E-state index in [1.54, 1.807) is 5.30 Å². The summed E-state index contributed by atoms with van der Waals surface area (Å²) < 4.78 is 0. The standard InChI is InChI=1S/C16H30NP/c1-15(2,3)18(16(4,5)6)14-11-9-13(10-12-14)17(7)8/h9-12H,18H2,1-8H3. The number of nitrogens with zero attached hydrogens (tertiary/aromatic N) is 1. The summed E-state index contributed by atoms with van der Waals surface area (Å²) in [6, 6.07) is 9.21. The third kappa shape index (κ3) is 3.72. The van der Waals surface area contributed by atoms with E-state index < -0.39 is 7.92 Å². The van der Waals surface area contributed by atoms with E-state index in [0.717, 1.165) is 0 Å². The van der Waals surface area contributed by atoms with Gasteiger partial charge in [-0.3, -0.25) is 0 Å². The van der Waals surface area contributed by atoms with Gasteiger partial charge in [-0.15, -0.1) is 0 Å². The Morgan fingerprint density at radius 3 is 1.44 bits per heavy atom. The molecule has 0 aliphatic rings. The Balaban J connectivity index is 3.16. The Hall–Kier alpha value is -0.550. The molecule has 0 aromatic heterocycles. The van der Waals surface area contributed by atoms with Crippen LogP contribution in [0.25, 0.3) is 0 Å². The van der Waals surface area contributed by atoms with E-state index in [-0.39, 0.29) is 0 Å². The van der Waals surface area contributed by atoms with Crippen molar-refractivity contribution in [1.82, 2.24) is 0 Å². The zero-order chi connectivity index (χ0) is 14.1. The molecule has 1 nitrogen and oxygen atoms in total. The molecule has 0 saturated carbocycles. The first kappa shape index (κ1) is 15.5. The molecule has 1 rings (SSSR count). The van der Waals surface area contributed by atoms with Crippen LogP contribution >= 0.6 is 7.92 Å². The molecule has 0 unspecified atom stereocenters. The summed E-state index contributed by atoms with van der Waals surface area (Å²) in [5.41, 5.74) is 1.29.